The summed E-state index contributed by atoms with van der Waals surface area (Å²) in [6.45, 7) is 8.82. The lowest BCUT2D eigenvalue weighted by Crippen LogP contribution is -2.25. The highest BCUT2D eigenvalue weighted by Crippen LogP contribution is 2.25. The maximum atomic E-state index is 12.3. The van der Waals surface area contributed by atoms with Crippen molar-refractivity contribution in [1.29, 1.82) is 0 Å². The Labute approximate surface area is 172 Å². The first-order valence-corrected chi connectivity index (χ1v) is 9.67. The minimum absolute atomic E-state index is 0.0947. The number of aryl methyl sites for hydroxylation is 2. The summed E-state index contributed by atoms with van der Waals surface area (Å²) < 4.78 is 5.53. The molecule has 2 aromatic carbocycles. The van der Waals surface area contributed by atoms with Crippen LogP contribution in [0.5, 0.6) is 5.75 Å². The summed E-state index contributed by atoms with van der Waals surface area (Å²) in [5.74, 6) is -0.561. The van der Waals surface area contributed by atoms with E-state index < -0.39 is 5.97 Å². The van der Waals surface area contributed by atoms with Crippen molar-refractivity contribution >= 4 is 23.7 Å². The molecule has 0 saturated heterocycles. The lowest BCUT2D eigenvalue weighted by molar-refractivity contribution is -0.135. The molecule has 0 fully saturated rings. The van der Waals surface area contributed by atoms with Crippen LogP contribution in [0.15, 0.2) is 48.5 Å². The van der Waals surface area contributed by atoms with Gasteiger partial charge in [0.05, 0.1) is 0 Å². The molecular weight excluding hydrogens is 366 g/mol. The Kier molecular flexibility index (Phi) is 7.59. The highest BCUT2D eigenvalue weighted by molar-refractivity contribution is 5.85. The second kappa shape index (κ2) is 9.92. The SMILES string of the molecule is Cc1ccc(C)c(OC(=O)CCC(C)(C)CNc2ccc(C=CC(=O)O)cc2)c1. The second-order valence-electron chi connectivity index (χ2n) is 8.05. The zero-order valence-electron chi connectivity index (χ0n) is 17.5. The van der Waals surface area contributed by atoms with Crippen molar-refractivity contribution in [3.05, 3.63) is 65.2 Å². The fraction of sp³-hybridized carbons (Fsp3) is 0.333. The van der Waals surface area contributed by atoms with Crippen LogP contribution >= 0.6 is 0 Å². The van der Waals surface area contributed by atoms with Crippen LogP contribution in [0.1, 0.15) is 43.4 Å². The number of anilines is 1. The molecule has 0 aliphatic rings. The van der Waals surface area contributed by atoms with Gasteiger partial charge < -0.3 is 15.2 Å². The molecule has 0 saturated carbocycles. The van der Waals surface area contributed by atoms with E-state index in [0.29, 0.717) is 25.1 Å². The van der Waals surface area contributed by atoms with Crippen LogP contribution in [-0.2, 0) is 9.59 Å². The van der Waals surface area contributed by atoms with Crippen molar-refractivity contribution in [1.82, 2.24) is 0 Å². The molecule has 2 aromatic rings. The van der Waals surface area contributed by atoms with Gasteiger partial charge in [0.2, 0.25) is 0 Å². The number of hydrogen-bond donors (Lipinski definition) is 2. The Morgan fingerprint density at radius 2 is 1.79 bits per heavy atom. The van der Waals surface area contributed by atoms with Gasteiger partial charge in [-0.25, -0.2) is 4.79 Å². The number of aliphatic carboxylic acids is 1. The summed E-state index contributed by atoms with van der Waals surface area (Å²) in [4.78, 5) is 22.8. The number of nitrogens with one attached hydrogen (secondary N) is 1. The van der Waals surface area contributed by atoms with Crippen molar-refractivity contribution in [2.75, 3.05) is 11.9 Å². The van der Waals surface area contributed by atoms with Gasteiger partial charge in [-0.2, -0.15) is 0 Å². The maximum Gasteiger partial charge on any atom is 0.328 e. The lowest BCUT2D eigenvalue weighted by atomic mass is 9.87. The van der Waals surface area contributed by atoms with Gasteiger partial charge in [-0.3, -0.25) is 4.79 Å². The summed E-state index contributed by atoms with van der Waals surface area (Å²) in [5, 5.41) is 12.0. The Balaban J connectivity index is 1.82. The van der Waals surface area contributed by atoms with Crippen molar-refractivity contribution in [3.63, 3.8) is 0 Å². The predicted molar refractivity (Wildman–Crippen MR) is 116 cm³/mol. The van der Waals surface area contributed by atoms with Gasteiger partial charge in [0, 0.05) is 24.7 Å². The molecule has 0 aliphatic carbocycles. The smallest absolute Gasteiger partial charge is 0.328 e. The molecule has 0 atom stereocenters. The molecule has 5 nitrogen and oxygen atoms in total. The van der Waals surface area contributed by atoms with E-state index in [1.807, 2.05) is 56.3 Å². The monoisotopic (exact) mass is 395 g/mol. The molecule has 0 aromatic heterocycles. The largest absolute Gasteiger partial charge is 0.478 e. The molecule has 0 unspecified atom stereocenters. The molecule has 5 heteroatoms. The van der Waals surface area contributed by atoms with Crippen LogP contribution in [0.4, 0.5) is 5.69 Å². The first-order chi connectivity index (χ1) is 13.6. The summed E-state index contributed by atoms with van der Waals surface area (Å²) in [6, 6.07) is 13.4. The van der Waals surface area contributed by atoms with Gasteiger partial charge in [-0.05, 0) is 66.6 Å². The topological polar surface area (TPSA) is 75.6 Å². The minimum atomic E-state index is -0.968. The summed E-state index contributed by atoms with van der Waals surface area (Å²) in [5.41, 5.74) is 3.69. The van der Waals surface area contributed by atoms with Gasteiger partial charge in [0.25, 0.3) is 0 Å². The number of carbonyl (C=O) groups is 2. The van der Waals surface area contributed by atoms with Crippen molar-refractivity contribution in [2.45, 2.75) is 40.5 Å². The fourth-order valence-electron chi connectivity index (χ4n) is 2.74. The van der Waals surface area contributed by atoms with E-state index >= 15 is 0 Å². The average Bonchev–Trinajstić information content (AvgIpc) is 2.67. The van der Waals surface area contributed by atoms with Crippen LogP contribution in [0.25, 0.3) is 6.08 Å². The average molecular weight is 395 g/mol. The number of carboxylic acid groups (broad SMARTS) is 1. The highest BCUT2D eigenvalue weighted by atomic mass is 16.5. The minimum Gasteiger partial charge on any atom is -0.478 e. The second-order valence-corrected chi connectivity index (χ2v) is 8.05. The van der Waals surface area contributed by atoms with Crippen LogP contribution in [0, 0.1) is 19.3 Å². The summed E-state index contributed by atoms with van der Waals surface area (Å²) in [6.07, 6.45) is 3.71. The Bertz CT molecular complexity index is 882. The zero-order valence-corrected chi connectivity index (χ0v) is 17.5. The number of ether oxygens (including phenoxy) is 1. The lowest BCUT2D eigenvalue weighted by Gasteiger charge is -2.25. The molecule has 29 heavy (non-hydrogen) atoms. The van der Waals surface area contributed by atoms with E-state index in [4.69, 9.17) is 9.84 Å². The van der Waals surface area contributed by atoms with Gasteiger partial charge in [-0.1, -0.05) is 38.1 Å². The number of carbonyl (C=O) groups excluding carboxylic acids is 1. The predicted octanol–water partition coefficient (Wildman–Crippen LogP) is 5.23. The quantitative estimate of drug-likeness (QED) is 0.346. The van der Waals surface area contributed by atoms with E-state index in [0.717, 1.165) is 28.5 Å². The number of benzene rings is 2. The number of carboxylic acids is 1. The molecule has 0 spiro atoms. The third kappa shape index (κ3) is 7.82. The fourth-order valence-corrected chi connectivity index (χ4v) is 2.74. The van der Waals surface area contributed by atoms with Crippen LogP contribution < -0.4 is 10.1 Å². The molecular formula is C24H29NO4. The van der Waals surface area contributed by atoms with Gasteiger partial charge >= 0.3 is 11.9 Å². The van der Waals surface area contributed by atoms with E-state index in [-0.39, 0.29) is 11.4 Å². The van der Waals surface area contributed by atoms with Gasteiger partial charge in [0.15, 0.2) is 0 Å². The van der Waals surface area contributed by atoms with E-state index in [9.17, 15) is 9.59 Å². The van der Waals surface area contributed by atoms with E-state index in [2.05, 4.69) is 19.2 Å². The molecule has 0 bridgehead atoms. The van der Waals surface area contributed by atoms with Crippen LogP contribution in [0.3, 0.4) is 0 Å². The van der Waals surface area contributed by atoms with E-state index in [1.165, 1.54) is 0 Å². The Morgan fingerprint density at radius 1 is 1.10 bits per heavy atom. The standard InChI is InChI=1S/C24H29NO4/c1-17-5-6-18(2)21(15-17)29-23(28)13-14-24(3,4)16-25-20-10-7-19(8-11-20)9-12-22(26)27/h5-12,15,25H,13-14,16H2,1-4H3,(H,26,27). The highest BCUT2D eigenvalue weighted by Gasteiger charge is 2.20. The van der Waals surface area contributed by atoms with Crippen molar-refractivity contribution < 1.29 is 19.4 Å². The van der Waals surface area contributed by atoms with Gasteiger partial charge in [-0.15, -0.1) is 0 Å². The van der Waals surface area contributed by atoms with Crippen molar-refractivity contribution in [2.24, 2.45) is 5.41 Å². The number of hydrogen-bond acceptors (Lipinski definition) is 4. The number of esters is 1. The third-order valence-electron chi connectivity index (χ3n) is 4.67. The zero-order chi connectivity index (χ0) is 21.4. The summed E-state index contributed by atoms with van der Waals surface area (Å²) >= 11 is 0. The van der Waals surface area contributed by atoms with Gasteiger partial charge in [0.1, 0.15) is 5.75 Å². The molecule has 0 aliphatic heterocycles. The molecule has 154 valence electrons. The molecule has 0 heterocycles. The molecule has 2 N–H and O–H groups in total. The molecule has 0 amide bonds. The third-order valence-corrected chi connectivity index (χ3v) is 4.67. The van der Waals surface area contributed by atoms with E-state index in [1.54, 1.807) is 6.08 Å². The Morgan fingerprint density at radius 3 is 2.45 bits per heavy atom. The normalized spacial score (nSPS) is 11.4. The first kappa shape index (κ1) is 22.2. The first-order valence-electron chi connectivity index (χ1n) is 9.67. The molecule has 2 rings (SSSR count). The number of rotatable bonds is 9. The maximum absolute atomic E-state index is 12.3. The Hall–Kier alpha value is -3.08. The van der Waals surface area contributed by atoms with Crippen LogP contribution in [0.2, 0.25) is 0 Å². The van der Waals surface area contributed by atoms with Crippen molar-refractivity contribution in [3.8, 4) is 5.75 Å². The summed E-state index contributed by atoms with van der Waals surface area (Å²) in [7, 11) is 0. The van der Waals surface area contributed by atoms with Crippen LogP contribution in [-0.4, -0.2) is 23.6 Å². The molecule has 0 radical (unpaired) electrons.